The predicted molar refractivity (Wildman–Crippen MR) is 55.7 cm³/mol. The van der Waals surface area contributed by atoms with Gasteiger partial charge < -0.3 is 14.9 Å². The zero-order chi connectivity index (χ0) is 11.6. The van der Waals surface area contributed by atoms with Crippen LogP contribution in [0.1, 0.15) is 35.7 Å². The minimum absolute atomic E-state index is 0.0667. The van der Waals surface area contributed by atoms with Crippen LogP contribution in [0.2, 0.25) is 0 Å². The van der Waals surface area contributed by atoms with Crippen LogP contribution in [-0.2, 0) is 0 Å². The molecule has 0 aliphatic heterocycles. The number of hydrogen-bond acceptors (Lipinski definition) is 3. The van der Waals surface area contributed by atoms with E-state index in [-0.39, 0.29) is 17.2 Å². The van der Waals surface area contributed by atoms with Crippen LogP contribution in [0.15, 0.2) is 12.1 Å². The normalized spacial score (nSPS) is 10.4. The molecule has 0 heterocycles. The zero-order valence-electron chi connectivity index (χ0n) is 8.94. The van der Waals surface area contributed by atoms with Crippen molar-refractivity contribution < 1.29 is 19.7 Å². The fourth-order valence-electron chi connectivity index (χ4n) is 1.41. The Hall–Kier alpha value is -1.71. The summed E-state index contributed by atoms with van der Waals surface area (Å²) in [5.41, 5.74) is 0.756. The Balaban J connectivity index is 3.38. The van der Waals surface area contributed by atoms with Gasteiger partial charge in [-0.05, 0) is 18.1 Å². The Labute approximate surface area is 88.1 Å². The minimum atomic E-state index is -1.06. The number of phenols is 1. The smallest absolute Gasteiger partial charge is 0.335 e. The highest BCUT2D eigenvalue weighted by Crippen LogP contribution is 2.35. The molecule has 0 radical (unpaired) electrons. The molecule has 0 aromatic heterocycles. The van der Waals surface area contributed by atoms with Crippen molar-refractivity contribution in [2.24, 2.45) is 0 Å². The molecule has 0 amide bonds. The third-order valence-corrected chi connectivity index (χ3v) is 2.17. The number of carboxylic acid groups (broad SMARTS) is 1. The Morgan fingerprint density at radius 3 is 2.40 bits per heavy atom. The lowest BCUT2D eigenvalue weighted by molar-refractivity contribution is 0.0696. The number of benzene rings is 1. The van der Waals surface area contributed by atoms with Gasteiger partial charge in [0, 0.05) is 5.56 Å². The molecule has 2 N–H and O–H groups in total. The summed E-state index contributed by atoms with van der Waals surface area (Å²) in [4.78, 5) is 10.8. The van der Waals surface area contributed by atoms with E-state index >= 15 is 0 Å². The molecular weight excluding hydrogens is 196 g/mol. The second-order valence-corrected chi connectivity index (χ2v) is 3.58. The summed E-state index contributed by atoms with van der Waals surface area (Å²) in [7, 11) is 1.45. The van der Waals surface area contributed by atoms with Crippen LogP contribution in [0.5, 0.6) is 11.5 Å². The van der Waals surface area contributed by atoms with Gasteiger partial charge in [0.25, 0.3) is 0 Å². The quantitative estimate of drug-likeness (QED) is 0.802. The van der Waals surface area contributed by atoms with E-state index in [2.05, 4.69) is 0 Å². The first-order valence-corrected chi connectivity index (χ1v) is 4.61. The number of phenolic OH excluding ortho intramolecular Hbond substituents is 1. The van der Waals surface area contributed by atoms with Crippen molar-refractivity contribution in [1.29, 1.82) is 0 Å². The average molecular weight is 210 g/mol. The van der Waals surface area contributed by atoms with Crippen LogP contribution in [0.4, 0.5) is 0 Å². The number of aromatic carboxylic acids is 1. The molecule has 0 unspecified atom stereocenters. The van der Waals surface area contributed by atoms with Crippen LogP contribution in [0.25, 0.3) is 0 Å². The van der Waals surface area contributed by atoms with Gasteiger partial charge in [0.2, 0.25) is 0 Å². The van der Waals surface area contributed by atoms with Crippen molar-refractivity contribution >= 4 is 5.97 Å². The largest absolute Gasteiger partial charge is 0.504 e. The Morgan fingerprint density at radius 2 is 2.00 bits per heavy atom. The van der Waals surface area contributed by atoms with Crippen LogP contribution in [0, 0.1) is 0 Å². The van der Waals surface area contributed by atoms with Crippen molar-refractivity contribution in [3.63, 3.8) is 0 Å². The van der Waals surface area contributed by atoms with Gasteiger partial charge in [0.1, 0.15) is 0 Å². The van der Waals surface area contributed by atoms with Gasteiger partial charge in [-0.15, -0.1) is 0 Å². The Morgan fingerprint density at radius 1 is 1.40 bits per heavy atom. The third-order valence-electron chi connectivity index (χ3n) is 2.17. The molecule has 4 heteroatoms. The molecule has 0 aliphatic rings. The maximum Gasteiger partial charge on any atom is 0.335 e. The lowest BCUT2D eigenvalue weighted by Crippen LogP contribution is -2.01. The zero-order valence-corrected chi connectivity index (χ0v) is 8.94. The summed E-state index contributed by atoms with van der Waals surface area (Å²) in [5.74, 6) is -0.767. The molecule has 0 spiro atoms. The van der Waals surface area contributed by atoms with E-state index in [0.717, 1.165) is 0 Å². The number of aromatic hydroxyl groups is 1. The number of carboxylic acids is 1. The molecule has 0 fully saturated rings. The summed E-state index contributed by atoms with van der Waals surface area (Å²) in [5, 5.41) is 18.4. The first-order valence-electron chi connectivity index (χ1n) is 4.61. The molecule has 82 valence electrons. The number of hydrogen-bond donors (Lipinski definition) is 2. The number of methoxy groups -OCH3 is 1. The summed E-state index contributed by atoms with van der Waals surface area (Å²) in [6.45, 7) is 3.81. The van der Waals surface area contributed by atoms with E-state index in [1.165, 1.54) is 19.2 Å². The molecule has 15 heavy (non-hydrogen) atoms. The topological polar surface area (TPSA) is 66.8 Å². The van der Waals surface area contributed by atoms with Gasteiger partial charge in [0.15, 0.2) is 11.5 Å². The molecule has 0 atom stereocenters. The van der Waals surface area contributed by atoms with Crippen molar-refractivity contribution in [2.45, 2.75) is 19.8 Å². The Kier molecular flexibility index (Phi) is 3.19. The maximum absolute atomic E-state index is 10.8. The first kappa shape index (κ1) is 11.4. The van der Waals surface area contributed by atoms with E-state index in [9.17, 15) is 9.90 Å². The fourth-order valence-corrected chi connectivity index (χ4v) is 1.41. The third kappa shape index (κ3) is 2.21. The average Bonchev–Trinajstić information content (AvgIpc) is 2.16. The van der Waals surface area contributed by atoms with E-state index in [0.29, 0.717) is 11.3 Å². The first-order chi connectivity index (χ1) is 6.97. The number of carbonyl (C=O) groups is 1. The molecule has 0 saturated heterocycles. The highest BCUT2D eigenvalue weighted by atomic mass is 16.5. The fraction of sp³-hybridized carbons (Fsp3) is 0.364. The lowest BCUT2D eigenvalue weighted by atomic mass is 9.99. The molecular formula is C11H14O4. The highest BCUT2D eigenvalue weighted by Gasteiger charge is 2.16. The molecule has 1 rings (SSSR count). The molecule has 1 aromatic carbocycles. The van der Waals surface area contributed by atoms with Crippen molar-refractivity contribution in [2.75, 3.05) is 7.11 Å². The molecule has 4 nitrogen and oxygen atoms in total. The summed E-state index contributed by atoms with van der Waals surface area (Å²) >= 11 is 0. The SMILES string of the molecule is COc1c(O)cc(C(=O)O)cc1C(C)C. The number of ether oxygens (including phenoxy) is 1. The van der Waals surface area contributed by atoms with Gasteiger partial charge in [-0.2, -0.15) is 0 Å². The molecule has 0 aliphatic carbocycles. The van der Waals surface area contributed by atoms with E-state index in [1.807, 2.05) is 13.8 Å². The van der Waals surface area contributed by atoms with Gasteiger partial charge in [-0.25, -0.2) is 4.79 Å². The van der Waals surface area contributed by atoms with Crippen molar-refractivity contribution in [1.82, 2.24) is 0 Å². The number of rotatable bonds is 3. The molecule has 1 aromatic rings. The standard InChI is InChI=1S/C11H14O4/c1-6(2)8-4-7(11(13)14)5-9(12)10(8)15-3/h4-6,12H,1-3H3,(H,13,14). The van der Waals surface area contributed by atoms with E-state index in [1.54, 1.807) is 0 Å². The second kappa shape index (κ2) is 4.21. The molecule has 0 saturated carbocycles. The summed E-state index contributed by atoms with van der Waals surface area (Å²) in [6, 6.07) is 2.71. The highest BCUT2D eigenvalue weighted by molar-refractivity contribution is 5.89. The summed E-state index contributed by atoms with van der Waals surface area (Å²) in [6.07, 6.45) is 0. The van der Waals surface area contributed by atoms with Crippen LogP contribution in [0.3, 0.4) is 0 Å². The van der Waals surface area contributed by atoms with Crippen molar-refractivity contribution in [3.05, 3.63) is 23.3 Å². The molecule has 0 bridgehead atoms. The van der Waals surface area contributed by atoms with Gasteiger partial charge >= 0.3 is 5.97 Å². The summed E-state index contributed by atoms with van der Waals surface area (Å²) < 4.78 is 5.03. The van der Waals surface area contributed by atoms with Crippen LogP contribution < -0.4 is 4.74 Å². The van der Waals surface area contributed by atoms with Gasteiger partial charge in [0.05, 0.1) is 12.7 Å². The maximum atomic E-state index is 10.8. The van der Waals surface area contributed by atoms with E-state index < -0.39 is 5.97 Å². The van der Waals surface area contributed by atoms with Crippen LogP contribution in [-0.4, -0.2) is 23.3 Å². The van der Waals surface area contributed by atoms with Crippen LogP contribution >= 0.6 is 0 Å². The lowest BCUT2D eigenvalue weighted by Gasteiger charge is -2.13. The Bertz CT molecular complexity index is 382. The predicted octanol–water partition coefficient (Wildman–Crippen LogP) is 2.22. The van der Waals surface area contributed by atoms with Gasteiger partial charge in [-0.1, -0.05) is 13.8 Å². The van der Waals surface area contributed by atoms with Gasteiger partial charge in [-0.3, -0.25) is 0 Å². The monoisotopic (exact) mass is 210 g/mol. The van der Waals surface area contributed by atoms with E-state index in [4.69, 9.17) is 9.84 Å². The second-order valence-electron chi connectivity index (χ2n) is 3.58. The van der Waals surface area contributed by atoms with Crippen molar-refractivity contribution in [3.8, 4) is 11.5 Å². The minimum Gasteiger partial charge on any atom is -0.504 e.